The largest absolute Gasteiger partial charge is 0.506 e. The molecule has 0 atom stereocenters. The van der Waals surface area contributed by atoms with Gasteiger partial charge in [0.2, 0.25) is 0 Å². The normalized spacial score (nSPS) is 18.1. The lowest BCUT2D eigenvalue weighted by molar-refractivity contribution is 0.454. The minimum Gasteiger partial charge on any atom is -0.506 e. The van der Waals surface area contributed by atoms with Crippen molar-refractivity contribution in [2.75, 3.05) is 12.8 Å². The zero-order valence-corrected chi connectivity index (χ0v) is 12.0. The van der Waals surface area contributed by atoms with E-state index in [1.54, 1.807) is 6.07 Å². The fourth-order valence-corrected chi connectivity index (χ4v) is 3.56. The van der Waals surface area contributed by atoms with E-state index < -0.39 is 0 Å². The summed E-state index contributed by atoms with van der Waals surface area (Å²) in [6.45, 7) is 3.60. The van der Waals surface area contributed by atoms with Gasteiger partial charge in [-0.05, 0) is 38.2 Å². The summed E-state index contributed by atoms with van der Waals surface area (Å²) in [5.74, 6) is 0.290. The number of aromatic nitrogens is 1. The summed E-state index contributed by atoms with van der Waals surface area (Å²) in [6.07, 6.45) is 7.49. The minimum atomic E-state index is 0.290. The van der Waals surface area contributed by atoms with Crippen molar-refractivity contribution in [3.63, 3.8) is 0 Å². The van der Waals surface area contributed by atoms with Crippen molar-refractivity contribution in [2.24, 2.45) is 0 Å². The monoisotopic (exact) mass is 266 g/mol. The second kappa shape index (κ2) is 5.93. The van der Waals surface area contributed by atoms with Crippen LogP contribution < -0.4 is 5.32 Å². The Morgan fingerprint density at radius 2 is 2.11 bits per heavy atom. The van der Waals surface area contributed by atoms with Crippen molar-refractivity contribution >= 4 is 11.8 Å². The number of rotatable bonds is 5. The van der Waals surface area contributed by atoms with Gasteiger partial charge in [0.25, 0.3) is 0 Å². The maximum absolute atomic E-state index is 9.74. The Kier molecular flexibility index (Phi) is 4.51. The van der Waals surface area contributed by atoms with Gasteiger partial charge in [-0.3, -0.25) is 4.98 Å². The van der Waals surface area contributed by atoms with E-state index in [4.69, 9.17) is 0 Å². The molecule has 1 aromatic heterocycles. The molecule has 0 aromatic carbocycles. The Labute approximate surface area is 113 Å². The molecule has 4 heteroatoms. The summed E-state index contributed by atoms with van der Waals surface area (Å²) in [4.78, 5) is 4.37. The first kappa shape index (κ1) is 13.7. The van der Waals surface area contributed by atoms with Crippen molar-refractivity contribution in [2.45, 2.75) is 43.9 Å². The highest BCUT2D eigenvalue weighted by Gasteiger charge is 2.32. The molecule has 3 nitrogen and oxygen atoms in total. The zero-order valence-electron chi connectivity index (χ0n) is 11.2. The van der Waals surface area contributed by atoms with Crippen LogP contribution in [0, 0.1) is 6.92 Å². The van der Waals surface area contributed by atoms with Gasteiger partial charge < -0.3 is 10.4 Å². The minimum absolute atomic E-state index is 0.290. The lowest BCUT2D eigenvalue weighted by Crippen LogP contribution is -2.34. The Balaban J connectivity index is 1.89. The number of aromatic hydroxyl groups is 1. The summed E-state index contributed by atoms with van der Waals surface area (Å²) in [6, 6.07) is 3.55. The fraction of sp³-hybridized carbons (Fsp3) is 0.643. The van der Waals surface area contributed by atoms with Gasteiger partial charge in [-0.1, -0.05) is 12.8 Å². The van der Waals surface area contributed by atoms with Gasteiger partial charge in [0.15, 0.2) is 0 Å². The second-order valence-electron chi connectivity index (χ2n) is 5.12. The summed E-state index contributed by atoms with van der Waals surface area (Å²) in [5, 5.41) is 13.2. The summed E-state index contributed by atoms with van der Waals surface area (Å²) >= 11 is 1.98. The van der Waals surface area contributed by atoms with Crippen LogP contribution in [0.4, 0.5) is 0 Å². The van der Waals surface area contributed by atoms with Crippen LogP contribution >= 0.6 is 11.8 Å². The Morgan fingerprint density at radius 1 is 1.39 bits per heavy atom. The molecular weight excluding hydrogens is 244 g/mol. The maximum atomic E-state index is 9.74. The number of aryl methyl sites for hydroxylation is 1. The van der Waals surface area contributed by atoms with E-state index >= 15 is 0 Å². The van der Waals surface area contributed by atoms with Crippen LogP contribution in [0.5, 0.6) is 5.75 Å². The number of nitrogens with one attached hydrogen (secondary N) is 1. The molecule has 18 heavy (non-hydrogen) atoms. The number of pyridine rings is 1. The molecule has 0 unspecified atom stereocenters. The smallest absolute Gasteiger partial charge is 0.138 e. The molecule has 2 N–H and O–H groups in total. The van der Waals surface area contributed by atoms with Crippen LogP contribution in [0.15, 0.2) is 12.1 Å². The van der Waals surface area contributed by atoms with Crippen molar-refractivity contribution < 1.29 is 5.11 Å². The van der Waals surface area contributed by atoms with E-state index in [0.29, 0.717) is 11.3 Å². The molecule has 2 rings (SSSR count). The van der Waals surface area contributed by atoms with E-state index in [1.165, 1.54) is 25.7 Å². The van der Waals surface area contributed by atoms with E-state index in [-0.39, 0.29) is 5.75 Å². The Bertz CT molecular complexity index is 403. The summed E-state index contributed by atoms with van der Waals surface area (Å²) in [5.41, 5.74) is 1.70. The van der Waals surface area contributed by atoms with Gasteiger partial charge in [0.1, 0.15) is 5.75 Å². The van der Waals surface area contributed by atoms with Crippen molar-refractivity contribution in [1.29, 1.82) is 0 Å². The molecule has 100 valence electrons. The first-order chi connectivity index (χ1) is 8.65. The second-order valence-corrected chi connectivity index (χ2v) is 6.39. The average molecular weight is 266 g/mol. The van der Waals surface area contributed by atoms with Gasteiger partial charge in [0.05, 0.1) is 5.69 Å². The van der Waals surface area contributed by atoms with Gasteiger partial charge in [0, 0.05) is 23.5 Å². The highest BCUT2D eigenvalue weighted by Crippen LogP contribution is 2.39. The van der Waals surface area contributed by atoms with Gasteiger partial charge >= 0.3 is 0 Å². The van der Waals surface area contributed by atoms with E-state index in [2.05, 4.69) is 16.6 Å². The van der Waals surface area contributed by atoms with Crippen LogP contribution in [-0.2, 0) is 6.54 Å². The molecule has 1 aliphatic rings. The van der Waals surface area contributed by atoms with E-state index in [1.807, 2.05) is 24.8 Å². The van der Waals surface area contributed by atoms with Crippen molar-refractivity contribution in [3.8, 4) is 5.75 Å². The molecule has 1 heterocycles. The molecule has 0 saturated heterocycles. The predicted molar refractivity (Wildman–Crippen MR) is 77.1 cm³/mol. The third kappa shape index (κ3) is 3.18. The third-order valence-corrected chi connectivity index (χ3v) is 5.20. The van der Waals surface area contributed by atoms with Gasteiger partial charge in [-0.25, -0.2) is 0 Å². The molecule has 0 radical (unpaired) electrons. The molecule has 1 aliphatic carbocycles. The standard InChI is InChI=1S/C14H22N2OS/c1-11-5-6-13(17)12(16-11)9-15-10-14(18-2)7-3-4-8-14/h5-6,15,17H,3-4,7-10H2,1-2H3. The summed E-state index contributed by atoms with van der Waals surface area (Å²) in [7, 11) is 0. The molecule has 0 bridgehead atoms. The molecule has 0 amide bonds. The van der Waals surface area contributed by atoms with Crippen LogP contribution in [-0.4, -0.2) is 27.6 Å². The Hall–Kier alpha value is -0.740. The fourth-order valence-electron chi connectivity index (χ4n) is 2.61. The van der Waals surface area contributed by atoms with Crippen molar-refractivity contribution in [1.82, 2.24) is 10.3 Å². The molecule has 1 fully saturated rings. The average Bonchev–Trinajstić information content (AvgIpc) is 2.83. The topological polar surface area (TPSA) is 45.2 Å². The number of thioether (sulfide) groups is 1. The SMILES string of the molecule is CSC1(CNCc2nc(C)ccc2O)CCCC1. The highest BCUT2D eigenvalue weighted by atomic mass is 32.2. The lowest BCUT2D eigenvalue weighted by atomic mass is 10.1. The van der Waals surface area contributed by atoms with Crippen LogP contribution in [0.25, 0.3) is 0 Å². The number of nitrogens with zero attached hydrogens (tertiary/aromatic N) is 1. The third-order valence-electron chi connectivity index (χ3n) is 3.78. The molecule has 1 aromatic rings. The van der Waals surface area contributed by atoms with Crippen LogP contribution in [0.1, 0.15) is 37.1 Å². The predicted octanol–water partition coefficient (Wildman–Crippen LogP) is 2.86. The zero-order chi connectivity index (χ0) is 13.0. The number of hydrogen-bond donors (Lipinski definition) is 2. The van der Waals surface area contributed by atoms with Crippen LogP contribution in [0.2, 0.25) is 0 Å². The van der Waals surface area contributed by atoms with E-state index in [9.17, 15) is 5.11 Å². The quantitative estimate of drug-likeness (QED) is 0.860. The van der Waals surface area contributed by atoms with E-state index in [0.717, 1.165) is 17.9 Å². The Morgan fingerprint density at radius 3 is 2.78 bits per heavy atom. The van der Waals surface area contributed by atoms with Gasteiger partial charge in [-0.15, -0.1) is 0 Å². The first-order valence-electron chi connectivity index (χ1n) is 6.57. The lowest BCUT2D eigenvalue weighted by Gasteiger charge is -2.27. The van der Waals surface area contributed by atoms with Crippen LogP contribution in [0.3, 0.4) is 0 Å². The molecule has 1 saturated carbocycles. The summed E-state index contributed by atoms with van der Waals surface area (Å²) < 4.78 is 0.402. The molecule has 0 aliphatic heterocycles. The highest BCUT2D eigenvalue weighted by molar-refractivity contribution is 8.00. The van der Waals surface area contributed by atoms with Gasteiger partial charge in [-0.2, -0.15) is 11.8 Å². The van der Waals surface area contributed by atoms with Crippen molar-refractivity contribution in [3.05, 3.63) is 23.5 Å². The molecular formula is C14H22N2OS. The molecule has 0 spiro atoms. The first-order valence-corrected chi connectivity index (χ1v) is 7.79. The number of hydrogen-bond acceptors (Lipinski definition) is 4. The maximum Gasteiger partial charge on any atom is 0.138 e.